The smallest absolute Gasteiger partial charge is 0.233 e. The van der Waals surface area contributed by atoms with E-state index in [0.29, 0.717) is 16.4 Å². The highest BCUT2D eigenvalue weighted by molar-refractivity contribution is 9.10. The molecular weight excluding hydrogens is 380 g/mol. The number of nitrogens with one attached hydrogen (secondary N) is 2. The van der Waals surface area contributed by atoms with E-state index < -0.39 is 5.91 Å². The summed E-state index contributed by atoms with van der Waals surface area (Å²) in [5.74, 6) is -0.765. The van der Waals surface area contributed by atoms with Crippen molar-refractivity contribution in [2.24, 2.45) is 0 Å². The van der Waals surface area contributed by atoms with Crippen molar-refractivity contribution < 1.29 is 9.59 Å². The maximum atomic E-state index is 11.9. The molecule has 0 aliphatic rings. The molecule has 0 aliphatic carbocycles. The Morgan fingerprint density at radius 3 is 2.09 bits per heavy atom. The molecule has 0 unspecified atom stereocenters. The molecule has 0 bridgehead atoms. The van der Waals surface area contributed by atoms with E-state index in [2.05, 4.69) is 26.6 Å². The number of hydrogen-bond acceptors (Lipinski definition) is 2. The molecule has 120 valence electrons. The lowest BCUT2D eigenvalue weighted by molar-refractivity contribution is -0.123. The summed E-state index contributed by atoms with van der Waals surface area (Å²) in [5.41, 5.74) is 3.15. The summed E-state index contributed by atoms with van der Waals surface area (Å²) in [6, 6.07) is 10.7. The Morgan fingerprint density at radius 2 is 1.52 bits per heavy atom. The number of carbonyl (C=O) groups excluding carboxylic acids is 2. The fraction of sp³-hybridized carbons (Fsp3) is 0.176. The van der Waals surface area contributed by atoms with Gasteiger partial charge in [-0.2, -0.15) is 0 Å². The fourth-order valence-electron chi connectivity index (χ4n) is 1.95. The van der Waals surface area contributed by atoms with Crippen LogP contribution in [0.5, 0.6) is 0 Å². The van der Waals surface area contributed by atoms with E-state index in [1.807, 2.05) is 32.0 Å². The van der Waals surface area contributed by atoms with Gasteiger partial charge in [-0.25, -0.2) is 0 Å². The second-order valence-corrected chi connectivity index (χ2v) is 6.46. The Balaban J connectivity index is 1.92. The summed E-state index contributed by atoms with van der Waals surface area (Å²) in [4.78, 5) is 23.8. The number of halogens is 2. The number of benzene rings is 2. The van der Waals surface area contributed by atoms with Crippen LogP contribution in [0.25, 0.3) is 0 Å². The monoisotopic (exact) mass is 394 g/mol. The van der Waals surface area contributed by atoms with Gasteiger partial charge in [0.2, 0.25) is 11.8 Å². The zero-order chi connectivity index (χ0) is 17.0. The lowest BCUT2D eigenvalue weighted by atomic mass is 10.2. The minimum absolute atomic E-state index is 0.263. The van der Waals surface area contributed by atoms with Gasteiger partial charge in [0.05, 0.1) is 0 Å². The van der Waals surface area contributed by atoms with Gasteiger partial charge in [-0.05, 0) is 55.3 Å². The number of rotatable bonds is 4. The summed E-state index contributed by atoms with van der Waals surface area (Å²) in [5, 5.41) is 5.92. The Kier molecular flexibility index (Phi) is 5.80. The topological polar surface area (TPSA) is 58.2 Å². The van der Waals surface area contributed by atoms with Crippen molar-refractivity contribution in [2.75, 3.05) is 10.6 Å². The predicted octanol–water partition coefficient (Wildman–Crippen LogP) is 4.69. The SMILES string of the molecule is Cc1ccc(NC(=O)CC(=O)Nc2ccc(Br)c(C)c2)cc1Cl. The summed E-state index contributed by atoms with van der Waals surface area (Å²) in [6.45, 7) is 3.80. The first-order valence-corrected chi connectivity index (χ1v) is 8.14. The second-order valence-electron chi connectivity index (χ2n) is 5.20. The van der Waals surface area contributed by atoms with Gasteiger partial charge in [-0.15, -0.1) is 0 Å². The molecule has 2 N–H and O–H groups in total. The molecular formula is C17H16BrClN2O2. The molecule has 0 heterocycles. The van der Waals surface area contributed by atoms with E-state index in [4.69, 9.17) is 11.6 Å². The van der Waals surface area contributed by atoms with Crippen LogP contribution in [0.2, 0.25) is 5.02 Å². The fourth-order valence-corrected chi connectivity index (χ4v) is 2.38. The number of amides is 2. The van der Waals surface area contributed by atoms with Gasteiger partial charge in [-0.3, -0.25) is 9.59 Å². The zero-order valence-corrected chi connectivity index (χ0v) is 15.1. The third-order valence-corrected chi connectivity index (χ3v) is 4.52. The average molecular weight is 396 g/mol. The molecule has 4 nitrogen and oxygen atoms in total. The van der Waals surface area contributed by atoms with Crippen molar-refractivity contribution in [3.8, 4) is 0 Å². The second kappa shape index (κ2) is 7.62. The van der Waals surface area contributed by atoms with E-state index in [0.717, 1.165) is 15.6 Å². The van der Waals surface area contributed by atoms with Crippen LogP contribution < -0.4 is 10.6 Å². The molecule has 6 heteroatoms. The highest BCUT2D eigenvalue weighted by atomic mass is 79.9. The van der Waals surface area contributed by atoms with Gasteiger partial charge >= 0.3 is 0 Å². The Morgan fingerprint density at radius 1 is 0.957 bits per heavy atom. The summed E-state index contributed by atoms with van der Waals surface area (Å²) in [7, 11) is 0. The summed E-state index contributed by atoms with van der Waals surface area (Å²) < 4.78 is 0.962. The van der Waals surface area contributed by atoms with Crippen LogP contribution in [0.1, 0.15) is 17.5 Å². The Labute approximate surface area is 148 Å². The van der Waals surface area contributed by atoms with E-state index >= 15 is 0 Å². The molecule has 0 radical (unpaired) electrons. The van der Waals surface area contributed by atoms with Crippen LogP contribution in [-0.2, 0) is 9.59 Å². The van der Waals surface area contributed by atoms with Crippen LogP contribution in [0.4, 0.5) is 11.4 Å². The van der Waals surface area contributed by atoms with Crippen molar-refractivity contribution in [2.45, 2.75) is 20.3 Å². The van der Waals surface area contributed by atoms with Crippen molar-refractivity contribution in [3.63, 3.8) is 0 Å². The van der Waals surface area contributed by atoms with Crippen LogP contribution >= 0.6 is 27.5 Å². The molecule has 0 fully saturated rings. The molecule has 2 aromatic carbocycles. The average Bonchev–Trinajstić information content (AvgIpc) is 2.46. The maximum Gasteiger partial charge on any atom is 0.233 e. The first-order chi connectivity index (χ1) is 10.8. The molecule has 2 rings (SSSR count). The van der Waals surface area contributed by atoms with E-state index in [9.17, 15) is 9.59 Å². The van der Waals surface area contributed by atoms with Crippen molar-refractivity contribution in [3.05, 3.63) is 57.0 Å². The molecule has 2 amide bonds. The van der Waals surface area contributed by atoms with Crippen molar-refractivity contribution in [1.29, 1.82) is 0 Å². The lowest BCUT2D eigenvalue weighted by Crippen LogP contribution is -2.21. The van der Waals surface area contributed by atoms with Crippen LogP contribution in [0.15, 0.2) is 40.9 Å². The Bertz CT molecular complexity index is 699. The van der Waals surface area contributed by atoms with Crippen molar-refractivity contribution in [1.82, 2.24) is 0 Å². The predicted molar refractivity (Wildman–Crippen MR) is 96.9 cm³/mol. The Hall–Kier alpha value is -1.85. The third-order valence-electron chi connectivity index (χ3n) is 3.22. The van der Waals surface area contributed by atoms with Crippen LogP contribution in [0, 0.1) is 13.8 Å². The number of aryl methyl sites for hydroxylation is 2. The molecule has 0 spiro atoms. The van der Waals surface area contributed by atoms with Crippen LogP contribution in [0.3, 0.4) is 0 Å². The van der Waals surface area contributed by atoms with Crippen LogP contribution in [-0.4, -0.2) is 11.8 Å². The molecule has 0 atom stereocenters. The van der Waals surface area contributed by atoms with Gasteiger partial charge in [0, 0.05) is 20.9 Å². The van der Waals surface area contributed by atoms with Gasteiger partial charge in [0.25, 0.3) is 0 Å². The third kappa shape index (κ3) is 5.08. The first kappa shape index (κ1) is 17.5. The lowest BCUT2D eigenvalue weighted by Gasteiger charge is -2.08. The molecule has 0 aromatic heterocycles. The molecule has 2 aromatic rings. The van der Waals surface area contributed by atoms with E-state index in [1.54, 1.807) is 18.2 Å². The number of anilines is 2. The highest BCUT2D eigenvalue weighted by Gasteiger charge is 2.11. The van der Waals surface area contributed by atoms with Gasteiger partial charge in [-0.1, -0.05) is 33.6 Å². The number of hydrogen-bond donors (Lipinski definition) is 2. The molecule has 0 saturated heterocycles. The number of carbonyl (C=O) groups is 2. The normalized spacial score (nSPS) is 10.3. The molecule has 23 heavy (non-hydrogen) atoms. The molecule has 0 saturated carbocycles. The highest BCUT2D eigenvalue weighted by Crippen LogP contribution is 2.21. The van der Waals surface area contributed by atoms with Gasteiger partial charge in [0.15, 0.2) is 0 Å². The molecule has 0 aliphatic heterocycles. The van der Waals surface area contributed by atoms with E-state index in [1.165, 1.54) is 0 Å². The largest absolute Gasteiger partial charge is 0.326 e. The summed E-state index contributed by atoms with van der Waals surface area (Å²) >= 11 is 9.40. The van der Waals surface area contributed by atoms with Crippen molar-refractivity contribution >= 4 is 50.7 Å². The van der Waals surface area contributed by atoms with Gasteiger partial charge < -0.3 is 10.6 Å². The summed E-state index contributed by atoms with van der Waals surface area (Å²) in [6.07, 6.45) is -0.263. The zero-order valence-electron chi connectivity index (χ0n) is 12.7. The first-order valence-electron chi connectivity index (χ1n) is 6.97. The van der Waals surface area contributed by atoms with Gasteiger partial charge in [0.1, 0.15) is 6.42 Å². The standard InChI is InChI=1S/C17H16BrClN2O2/c1-10-3-4-13(8-15(10)19)21-17(23)9-16(22)20-12-5-6-14(18)11(2)7-12/h3-8H,9H2,1-2H3,(H,20,22)(H,21,23). The van der Waals surface area contributed by atoms with E-state index in [-0.39, 0.29) is 12.3 Å². The minimum atomic E-state index is -0.392. The maximum absolute atomic E-state index is 11.9. The quantitative estimate of drug-likeness (QED) is 0.738. The minimum Gasteiger partial charge on any atom is -0.326 e.